The van der Waals surface area contributed by atoms with Gasteiger partial charge >= 0.3 is 0 Å². The minimum absolute atomic E-state index is 0.221. The SMILES string of the molecule is O=C1C(=O)N(CCCBr)c2c(Cl)ccc(Cl)c21. The zero-order valence-corrected chi connectivity index (χ0v) is 11.8. The first-order chi connectivity index (χ1) is 8.07. The Kier molecular flexibility index (Phi) is 3.76. The van der Waals surface area contributed by atoms with Crippen molar-refractivity contribution in [2.45, 2.75) is 6.42 Å². The van der Waals surface area contributed by atoms with Gasteiger partial charge in [-0.1, -0.05) is 39.1 Å². The van der Waals surface area contributed by atoms with Crippen molar-refractivity contribution in [2.75, 3.05) is 16.8 Å². The van der Waals surface area contributed by atoms with Gasteiger partial charge in [0.25, 0.3) is 11.7 Å². The van der Waals surface area contributed by atoms with E-state index in [-0.39, 0.29) is 10.6 Å². The fourth-order valence-corrected chi connectivity index (χ4v) is 2.53. The summed E-state index contributed by atoms with van der Waals surface area (Å²) in [5.41, 5.74) is 0.661. The van der Waals surface area contributed by atoms with Crippen molar-refractivity contribution < 1.29 is 9.59 Å². The molecule has 0 aliphatic carbocycles. The fraction of sp³-hybridized carbons (Fsp3) is 0.273. The highest BCUT2D eigenvalue weighted by molar-refractivity contribution is 9.09. The molecular formula is C11H8BrCl2NO2. The summed E-state index contributed by atoms with van der Waals surface area (Å²) in [6.07, 6.45) is 0.737. The molecule has 2 rings (SSSR count). The van der Waals surface area contributed by atoms with Gasteiger partial charge in [-0.05, 0) is 18.6 Å². The number of fused-ring (bicyclic) bond motifs is 1. The molecule has 1 aliphatic rings. The van der Waals surface area contributed by atoms with Crippen LogP contribution in [0.4, 0.5) is 5.69 Å². The number of Topliss-reactive ketones (excluding diaryl/α,β-unsaturated/α-hetero) is 1. The first kappa shape index (κ1) is 12.9. The molecular weight excluding hydrogens is 329 g/mol. The third-order valence-corrected chi connectivity index (χ3v) is 3.71. The number of ketones is 1. The van der Waals surface area contributed by atoms with Crippen LogP contribution < -0.4 is 4.90 Å². The van der Waals surface area contributed by atoms with Crippen molar-refractivity contribution in [1.82, 2.24) is 0 Å². The summed E-state index contributed by atoms with van der Waals surface area (Å²) in [4.78, 5) is 25.0. The van der Waals surface area contributed by atoms with E-state index in [0.717, 1.165) is 11.8 Å². The summed E-state index contributed by atoms with van der Waals surface area (Å²) in [5.74, 6) is -1.14. The van der Waals surface area contributed by atoms with E-state index in [1.165, 1.54) is 11.0 Å². The Morgan fingerprint density at radius 3 is 2.47 bits per heavy atom. The molecule has 0 fully saturated rings. The summed E-state index contributed by atoms with van der Waals surface area (Å²) >= 11 is 15.2. The van der Waals surface area contributed by atoms with E-state index in [2.05, 4.69) is 15.9 Å². The Bertz CT molecular complexity index is 504. The van der Waals surface area contributed by atoms with Gasteiger partial charge in [0.1, 0.15) is 0 Å². The van der Waals surface area contributed by atoms with Crippen molar-refractivity contribution in [3.63, 3.8) is 0 Å². The Balaban J connectivity index is 2.52. The van der Waals surface area contributed by atoms with Gasteiger partial charge in [0.2, 0.25) is 0 Å². The summed E-state index contributed by atoms with van der Waals surface area (Å²) in [6.45, 7) is 0.447. The molecule has 0 radical (unpaired) electrons. The van der Waals surface area contributed by atoms with Gasteiger partial charge in [-0.2, -0.15) is 0 Å². The molecule has 1 aliphatic heterocycles. The molecule has 0 spiro atoms. The van der Waals surface area contributed by atoms with Gasteiger partial charge in [0, 0.05) is 11.9 Å². The molecule has 6 heteroatoms. The fourth-order valence-electron chi connectivity index (χ4n) is 1.78. The molecule has 0 saturated carbocycles. The van der Waals surface area contributed by atoms with Crippen LogP contribution in [0.3, 0.4) is 0 Å². The van der Waals surface area contributed by atoms with Crippen LogP contribution in [0.5, 0.6) is 0 Å². The standard InChI is InChI=1S/C11H8BrCl2NO2/c12-4-1-5-15-9-7(14)3-2-6(13)8(9)10(16)11(15)17/h2-3H,1,4-5H2. The number of nitrogens with zero attached hydrogens (tertiary/aromatic N) is 1. The largest absolute Gasteiger partial charge is 0.303 e. The zero-order chi connectivity index (χ0) is 12.6. The molecule has 0 aromatic heterocycles. The molecule has 0 atom stereocenters. The number of amides is 1. The Labute approximate surface area is 117 Å². The van der Waals surface area contributed by atoms with Crippen LogP contribution in [-0.4, -0.2) is 23.6 Å². The number of carbonyl (C=O) groups excluding carboxylic acids is 2. The maximum atomic E-state index is 11.8. The number of hydrogen-bond acceptors (Lipinski definition) is 2. The maximum absolute atomic E-state index is 11.8. The van der Waals surface area contributed by atoms with Gasteiger partial charge in [-0.3, -0.25) is 9.59 Å². The highest BCUT2D eigenvalue weighted by Crippen LogP contribution is 2.39. The molecule has 0 bridgehead atoms. The maximum Gasteiger partial charge on any atom is 0.299 e. The lowest BCUT2D eigenvalue weighted by Gasteiger charge is -2.16. The van der Waals surface area contributed by atoms with Crippen LogP contribution in [0.25, 0.3) is 0 Å². The Morgan fingerprint density at radius 1 is 1.18 bits per heavy atom. The second-order valence-corrected chi connectivity index (χ2v) is 5.19. The van der Waals surface area contributed by atoms with Crippen molar-refractivity contribution in [2.24, 2.45) is 0 Å². The molecule has 1 aromatic rings. The summed E-state index contributed by atoms with van der Waals surface area (Å²) in [6, 6.07) is 3.12. The van der Waals surface area contributed by atoms with Gasteiger partial charge < -0.3 is 4.90 Å². The van der Waals surface area contributed by atoms with Crippen molar-refractivity contribution in [1.29, 1.82) is 0 Å². The van der Waals surface area contributed by atoms with E-state index in [0.29, 0.717) is 17.3 Å². The number of benzene rings is 1. The van der Waals surface area contributed by atoms with Gasteiger partial charge in [0.05, 0.1) is 21.3 Å². The Morgan fingerprint density at radius 2 is 1.82 bits per heavy atom. The monoisotopic (exact) mass is 335 g/mol. The summed E-state index contributed by atoms with van der Waals surface area (Å²) < 4.78 is 0. The normalized spacial score (nSPS) is 14.4. The minimum atomic E-state index is -0.581. The molecule has 1 aromatic carbocycles. The van der Waals surface area contributed by atoms with E-state index in [9.17, 15) is 9.59 Å². The van der Waals surface area contributed by atoms with Crippen molar-refractivity contribution in [3.8, 4) is 0 Å². The topological polar surface area (TPSA) is 37.4 Å². The van der Waals surface area contributed by atoms with Crippen molar-refractivity contribution >= 4 is 56.5 Å². The average molecular weight is 337 g/mol. The van der Waals surface area contributed by atoms with E-state index in [1.54, 1.807) is 6.07 Å². The van der Waals surface area contributed by atoms with Crippen LogP contribution >= 0.6 is 39.1 Å². The average Bonchev–Trinajstić information content (AvgIpc) is 2.56. The molecule has 3 nitrogen and oxygen atoms in total. The van der Waals surface area contributed by atoms with Gasteiger partial charge in [-0.15, -0.1) is 0 Å². The van der Waals surface area contributed by atoms with Gasteiger partial charge in [0.15, 0.2) is 0 Å². The number of halogens is 3. The Hall–Kier alpha value is -0.580. The minimum Gasteiger partial charge on any atom is -0.303 e. The number of carbonyl (C=O) groups is 2. The zero-order valence-electron chi connectivity index (χ0n) is 8.67. The molecule has 0 unspecified atom stereocenters. The first-order valence-electron chi connectivity index (χ1n) is 4.98. The van der Waals surface area contributed by atoms with Crippen LogP contribution in [0, 0.1) is 0 Å². The third-order valence-electron chi connectivity index (χ3n) is 2.53. The molecule has 0 N–H and O–H groups in total. The van der Waals surface area contributed by atoms with Crippen LogP contribution in [0.15, 0.2) is 12.1 Å². The van der Waals surface area contributed by atoms with E-state index >= 15 is 0 Å². The van der Waals surface area contributed by atoms with Crippen molar-refractivity contribution in [3.05, 3.63) is 27.7 Å². The highest BCUT2D eigenvalue weighted by atomic mass is 79.9. The number of alkyl halides is 1. The lowest BCUT2D eigenvalue weighted by molar-refractivity contribution is -0.114. The third kappa shape index (κ3) is 2.09. The van der Waals surface area contributed by atoms with Crippen LogP contribution in [-0.2, 0) is 4.79 Å². The van der Waals surface area contributed by atoms with E-state index in [4.69, 9.17) is 23.2 Å². The quantitative estimate of drug-likeness (QED) is 0.627. The number of rotatable bonds is 3. The molecule has 1 heterocycles. The predicted octanol–water partition coefficient (Wildman–Crippen LogP) is 3.31. The summed E-state index contributed by atoms with van der Waals surface area (Å²) in [5, 5.41) is 1.39. The molecule has 17 heavy (non-hydrogen) atoms. The number of hydrogen-bond donors (Lipinski definition) is 0. The van der Waals surface area contributed by atoms with Crippen LogP contribution in [0.2, 0.25) is 10.0 Å². The summed E-state index contributed by atoms with van der Waals surface area (Å²) in [7, 11) is 0. The predicted molar refractivity (Wildman–Crippen MR) is 71.6 cm³/mol. The van der Waals surface area contributed by atoms with Crippen LogP contribution in [0.1, 0.15) is 16.8 Å². The smallest absolute Gasteiger partial charge is 0.299 e. The number of anilines is 1. The van der Waals surface area contributed by atoms with E-state index in [1.807, 2.05) is 0 Å². The highest BCUT2D eigenvalue weighted by Gasteiger charge is 2.38. The first-order valence-corrected chi connectivity index (χ1v) is 6.85. The lowest BCUT2D eigenvalue weighted by atomic mass is 10.1. The molecule has 0 saturated heterocycles. The molecule has 1 amide bonds. The second-order valence-electron chi connectivity index (χ2n) is 3.58. The second kappa shape index (κ2) is 4.96. The van der Waals surface area contributed by atoms with E-state index < -0.39 is 11.7 Å². The molecule has 90 valence electrons. The van der Waals surface area contributed by atoms with Gasteiger partial charge in [-0.25, -0.2) is 0 Å². The lowest BCUT2D eigenvalue weighted by Crippen LogP contribution is -2.30.